The van der Waals surface area contributed by atoms with Crippen molar-refractivity contribution in [2.24, 2.45) is 0 Å². The van der Waals surface area contributed by atoms with Crippen LogP contribution in [0.4, 0.5) is 0 Å². The van der Waals surface area contributed by atoms with Gasteiger partial charge in [0.15, 0.2) is 0 Å². The summed E-state index contributed by atoms with van der Waals surface area (Å²) >= 11 is 0. The molecule has 0 spiro atoms. The van der Waals surface area contributed by atoms with Gasteiger partial charge in [0, 0.05) is 24.5 Å². The zero-order valence-corrected chi connectivity index (χ0v) is 9.99. The van der Waals surface area contributed by atoms with E-state index in [1.165, 1.54) is 0 Å². The molecule has 16 heavy (non-hydrogen) atoms. The number of nitrogens with zero attached hydrogens (tertiary/aromatic N) is 2. The van der Waals surface area contributed by atoms with Crippen molar-refractivity contribution in [3.05, 3.63) is 23.5 Å². The Bertz CT molecular complexity index is 358. The molecule has 4 nitrogen and oxygen atoms in total. The van der Waals surface area contributed by atoms with Crippen LogP contribution in [-0.2, 0) is 4.79 Å². The molecule has 2 rings (SSSR count). The van der Waals surface area contributed by atoms with Crippen LogP contribution in [0.5, 0.6) is 0 Å². The van der Waals surface area contributed by atoms with Crippen LogP contribution >= 0.6 is 0 Å². The van der Waals surface area contributed by atoms with E-state index in [-0.39, 0.29) is 5.91 Å². The van der Waals surface area contributed by atoms with Crippen molar-refractivity contribution in [2.45, 2.75) is 26.7 Å². The Kier molecular flexibility index (Phi) is 3.17. The normalized spacial score (nSPS) is 15.5. The number of aromatic nitrogens is 1. The lowest BCUT2D eigenvalue weighted by atomic mass is 10.4. The van der Waals surface area contributed by atoms with Gasteiger partial charge < -0.3 is 10.3 Å². The first-order valence-electron chi connectivity index (χ1n) is 5.85. The Morgan fingerprint density at radius 2 is 1.81 bits per heavy atom. The maximum Gasteiger partial charge on any atom is 0.243 e. The average molecular weight is 221 g/mol. The third kappa shape index (κ3) is 2.21. The quantitative estimate of drug-likeness (QED) is 0.834. The molecule has 1 fully saturated rings. The molecule has 1 aromatic heterocycles. The van der Waals surface area contributed by atoms with E-state index in [9.17, 15) is 4.79 Å². The van der Waals surface area contributed by atoms with Gasteiger partial charge >= 0.3 is 0 Å². The molecule has 1 amide bonds. The number of rotatable bonds is 3. The third-order valence-corrected chi connectivity index (χ3v) is 3.12. The van der Waals surface area contributed by atoms with Crippen LogP contribution in [0.25, 0.3) is 0 Å². The number of nitrogens with one attached hydrogen (secondary N) is 1. The minimum atomic E-state index is 0.199. The lowest BCUT2D eigenvalue weighted by Gasteiger charge is -2.18. The van der Waals surface area contributed by atoms with Gasteiger partial charge in [0.05, 0.1) is 0 Å². The van der Waals surface area contributed by atoms with Gasteiger partial charge in [-0.15, -0.1) is 0 Å². The van der Waals surface area contributed by atoms with Crippen LogP contribution in [0, 0.1) is 13.8 Å². The predicted octanol–water partition coefficient (Wildman–Crippen LogP) is 1.27. The van der Waals surface area contributed by atoms with Crippen molar-refractivity contribution in [1.29, 1.82) is 0 Å². The fraction of sp³-hybridized carbons (Fsp3) is 0.583. The lowest BCUT2D eigenvalue weighted by molar-refractivity contribution is -0.128. The van der Waals surface area contributed by atoms with Crippen molar-refractivity contribution in [3.8, 4) is 0 Å². The molecule has 0 radical (unpaired) electrons. The summed E-state index contributed by atoms with van der Waals surface area (Å²) in [6, 6.07) is 4.09. The van der Waals surface area contributed by atoms with E-state index >= 15 is 0 Å². The minimum absolute atomic E-state index is 0.199. The highest BCUT2D eigenvalue weighted by Crippen LogP contribution is 2.08. The summed E-state index contributed by atoms with van der Waals surface area (Å²) in [6.07, 6.45) is 2.29. The number of aryl methyl sites for hydroxylation is 2. The lowest BCUT2D eigenvalue weighted by Crippen LogP contribution is -2.35. The van der Waals surface area contributed by atoms with Crippen molar-refractivity contribution in [3.63, 3.8) is 0 Å². The molecule has 88 valence electrons. The van der Waals surface area contributed by atoms with Crippen LogP contribution in [0.3, 0.4) is 0 Å². The first kappa shape index (κ1) is 11.0. The van der Waals surface area contributed by atoms with E-state index in [1.807, 2.05) is 35.6 Å². The van der Waals surface area contributed by atoms with E-state index in [1.54, 1.807) is 0 Å². The van der Waals surface area contributed by atoms with Crippen molar-refractivity contribution in [2.75, 3.05) is 25.1 Å². The van der Waals surface area contributed by atoms with E-state index < -0.39 is 0 Å². The standard InChI is InChI=1S/C12H19N3O/c1-10-5-6-11(2)15(10)13-9-12(16)14-7-3-4-8-14/h5-6,13H,3-4,7-9H2,1-2H3. The van der Waals surface area contributed by atoms with E-state index in [0.717, 1.165) is 37.3 Å². The Balaban J connectivity index is 1.89. The summed E-state index contributed by atoms with van der Waals surface area (Å²) in [5.41, 5.74) is 5.43. The van der Waals surface area contributed by atoms with Gasteiger partial charge in [-0.05, 0) is 38.8 Å². The summed E-state index contributed by atoms with van der Waals surface area (Å²) < 4.78 is 1.97. The molecular weight excluding hydrogens is 202 g/mol. The van der Waals surface area contributed by atoms with Crippen molar-refractivity contribution < 1.29 is 4.79 Å². The van der Waals surface area contributed by atoms with Crippen LogP contribution in [0.2, 0.25) is 0 Å². The average Bonchev–Trinajstić information content (AvgIpc) is 2.87. The second-order valence-corrected chi connectivity index (χ2v) is 4.37. The van der Waals surface area contributed by atoms with Gasteiger partial charge in [-0.2, -0.15) is 0 Å². The maximum atomic E-state index is 11.8. The Hall–Kier alpha value is -1.45. The molecule has 1 aliphatic rings. The summed E-state index contributed by atoms with van der Waals surface area (Å²) in [5.74, 6) is 0.199. The molecule has 0 saturated carbocycles. The maximum absolute atomic E-state index is 11.8. The molecule has 1 N–H and O–H groups in total. The molecule has 0 atom stereocenters. The molecule has 0 aromatic carbocycles. The number of carbonyl (C=O) groups excluding carboxylic acids is 1. The van der Waals surface area contributed by atoms with Gasteiger partial charge in [0.2, 0.25) is 5.91 Å². The molecule has 0 aliphatic carbocycles. The number of hydrogen-bond donors (Lipinski definition) is 1. The number of hydrogen-bond acceptors (Lipinski definition) is 2. The summed E-state index contributed by atoms with van der Waals surface area (Å²) in [7, 11) is 0. The van der Waals surface area contributed by atoms with Crippen LogP contribution in [0.1, 0.15) is 24.2 Å². The predicted molar refractivity (Wildman–Crippen MR) is 63.9 cm³/mol. The largest absolute Gasteiger partial charge is 0.341 e. The summed E-state index contributed by atoms with van der Waals surface area (Å²) in [6.45, 7) is 6.28. The molecule has 4 heteroatoms. The van der Waals surface area contributed by atoms with Gasteiger partial charge in [0.1, 0.15) is 6.54 Å². The summed E-state index contributed by atoms with van der Waals surface area (Å²) in [4.78, 5) is 13.7. The SMILES string of the molecule is Cc1ccc(C)n1NCC(=O)N1CCCC1. The number of carbonyl (C=O) groups is 1. The summed E-state index contributed by atoms with van der Waals surface area (Å²) in [5, 5.41) is 0. The fourth-order valence-corrected chi connectivity index (χ4v) is 2.14. The molecule has 2 heterocycles. The van der Waals surface area contributed by atoms with Crippen LogP contribution < -0.4 is 5.43 Å². The monoisotopic (exact) mass is 221 g/mol. The zero-order valence-electron chi connectivity index (χ0n) is 9.99. The molecule has 1 aromatic rings. The molecule has 0 unspecified atom stereocenters. The number of likely N-dealkylation sites (tertiary alicyclic amines) is 1. The topological polar surface area (TPSA) is 37.3 Å². The number of amides is 1. The smallest absolute Gasteiger partial charge is 0.243 e. The Labute approximate surface area is 96.2 Å². The Morgan fingerprint density at radius 1 is 1.25 bits per heavy atom. The minimum Gasteiger partial charge on any atom is -0.341 e. The van der Waals surface area contributed by atoms with Crippen molar-refractivity contribution in [1.82, 2.24) is 9.58 Å². The first-order chi connectivity index (χ1) is 7.68. The van der Waals surface area contributed by atoms with Gasteiger partial charge in [-0.1, -0.05) is 0 Å². The second-order valence-electron chi connectivity index (χ2n) is 4.37. The van der Waals surface area contributed by atoms with E-state index in [4.69, 9.17) is 0 Å². The van der Waals surface area contributed by atoms with Crippen LogP contribution in [-0.4, -0.2) is 35.1 Å². The van der Waals surface area contributed by atoms with Gasteiger partial charge in [0.25, 0.3) is 0 Å². The highest BCUT2D eigenvalue weighted by molar-refractivity contribution is 5.79. The highest BCUT2D eigenvalue weighted by atomic mass is 16.2. The second kappa shape index (κ2) is 4.60. The molecule has 0 bridgehead atoms. The molecule has 1 aliphatic heterocycles. The third-order valence-electron chi connectivity index (χ3n) is 3.12. The van der Waals surface area contributed by atoms with Gasteiger partial charge in [-0.3, -0.25) is 9.47 Å². The van der Waals surface area contributed by atoms with Crippen molar-refractivity contribution >= 4 is 5.91 Å². The van der Waals surface area contributed by atoms with Gasteiger partial charge in [-0.25, -0.2) is 0 Å². The van der Waals surface area contributed by atoms with E-state index in [2.05, 4.69) is 5.43 Å². The highest BCUT2D eigenvalue weighted by Gasteiger charge is 2.17. The van der Waals surface area contributed by atoms with Crippen LogP contribution in [0.15, 0.2) is 12.1 Å². The first-order valence-corrected chi connectivity index (χ1v) is 5.85. The molecular formula is C12H19N3O. The van der Waals surface area contributed by atoms with E-state index in [0.29, 0.717) is 6.54 Å². The fourth-order valence-electron chi connectivity index (χ4n) is 2.14. The Morgan fingerprint density at radius 3 is 2.38 bits per heavy atom. The zero-order chi connectivity index (χ0) is 11.5. The molecule has 1 saturated heterocycles.